The van der Waals surface area contributed by atoms with Crippen LogP contribution in [0.1, 0.15) is 19.4 Å². The van der Waals surface area contributed by atoms with E-state index in [2.05, 4.69) is 4.74 Å². The summed E-state index contributed by atoms with van der Waals surface area (Å²) in [5.74, 6) is 0.968. The predicted molar refractivity (Wildman–Crippen MR) is 72.1 cm³/mol. The van der Waals surface area contributed by atoms with Crippen molar-refractivity contribution in [1.29, 1.82) is 0 Å². The van der Waals surface area contributed by atoms with Gasteiger partial charge in [0.05, 0.1) is 13.2 Å². The number of rotatable bonds is 7. The quantitative estimate of drug-likeness (QED) is 0.837. The number of hydrogen-bond donors (Lipinski definition) is 1. The highest BCUT2D eigenvalue weighted by molar-refractivity contribution is 7.99. The Morgan fingerprint density at radius 1 is 1.26 bits per heavy atom. The Bertz CT molecular complexity index is 399. The monoisotopic (exact) mass is 292 g/mol. The highest BCUT2D eigenvalue weighted by Crippen LogP contribution is 2.31. The van der Waals surface area contributed by atoms with E-state index >= 15 is 0 Å². The molecule has 1 N–H and O–H groups in total. The summed E-state index contributed by atoms with van der Waals surface area (Å²) in [7, 11) is 1.41. The molecule has 0 heterocycles. The summed E-state index contributed by atoms with van der Waals surface area (Å²) in [4.78, 5) is 0. The first-order valence-electron chi connectivity index (χ1n) is 5.85. The van der Waals surface area contributed by atoms with Crippen LogP contribution >= 0.6 is 11.8 Å². The van der Waals surface area contributed by atoms with E-state index in [0.717, 1.165) is 5.56 Å². The highest BCUT2D eigenvalue weighted by Gasteiger charge is 2.13. The van der Waals surface area contributed by atoms with Crippen molar-refractivity contribution >= 4 is 11.8 Å². The molecule has 1 aromatic rings. The van der Waals surface area contributed by atoms with Gasteiger partial charge < -0.3 is 14.6 Å². The Hall–Kier alpha value is -1.01. The lowest BCUT2D eigenvalue weighted by Gasteiger charge is -2.15. The van der Waals surface area contributed by atoms with Crippen molar-refractivity contribution in [3.63, 3.8) is 0 Å². The van der Waals surface area contributed by atoms with Gasteiger partial charge in [-0.15, -0.1) is 0 Å². The van der Waals surface area contributed by atoms with Gasteiger partial charge in [0, 0.05) is 11.0 Å². The zero-order chi connectivity index (χ0) is 14.4. The van der Waals surface area contributed by atoms with E-state index in [1.165, 1.54) is 13.2 Å². The molecule has 2 unspecified atom stereocenters. The van der Waals surface area contributed by atoms with Crippen molar-refractivity contribution in [3.05, 3.63) is 23.8 Å². The van der Waals surface area contributed by atoms with E-state index < -0.39 is 12.7 Å². The number of thioether (sulfide) groups is 1. The zero-order valence-corrected chi connectivity index (χ0v) is 11.9. The van der Waals surface area contributed by atoms with Crippen molar-refractivity contribution in [2.45, 2.75) is 37.6 Å². The minimum absolute atomic E-state index is 0.0230. The third kappa shape index (κ3) is 5.24. The van der Waals surface area contributed by atoms with Gasteiger partial charge in [0.25, 0.3) is 0 Å². The Balaban J connectivity index is 2.71. The second-order valence-corrected chi connectivity index (χ2v) is 5.49. The fourth-order valence-corrected chi connectivity index (χ4v) is 2.28. The van der Waals surface area contributed by atoms with Crippen molar-refractivity contribution in [1.82, 2.24) is 0 Å². The molecule has 0 bridgehead atoms. The van der Waals surface area contributed by atoms with Gasteiger partial charge in [0.2, 0.25) is 0 Å². The van der Waals surface area contributed by atoms with Gasteiger partial charge >= 0.3 is 6.61 Å². The summed E-state index contributed by atoms with van der Waals surface area (Å²) in [6.45, 7) is 0.794. The summed E-state index contributed by atoms with van der Waals surface area (Å²) >= 11 is 1.58. The number of hydrogen-bond acceptors (Lipinski definition) is 4. The molecule has 0 aliphatic carbocycles. The molecule has 108 valence electrons. The SMILES string of the molecule is COc1cc(CSC(C)C(C)O)ccc1OC(F)F. The first-order chi connectivity index (χ1) is 8.93. The fourth-order valence-electron chi connectivity index (χ4n) is 1.36. The molecule has 0 aliphatic rings. The molecule has 0 spiro atoms. The molecule has 0 amide bonds. The lowest BCUT2D eigenvalue weighted by atomic mass is 10.2. The molecule has 0 aromatic heterocycles. The first kappa shape index (κ1) is 16.0. The summed E-state index contributed by atoms with van der Waals surface area (Å²) in [6, 6.07) is 4.84. The molecule has 1 aromatic carbocycles. The van der Waals surface area contributed by atoms with Crippen LogP contribution in [-0.4, -0.2) is 30.2 Å². The van der Waals surface area contributed by atoms with Crippen molar-refractivity contribution in [2.24, 2.45) is 0 Å². The van der Waals surface area contributed by atoms with Crippen molar-refractivity contribution < 1.29 is 23.4 Å². The average Bonchev–Trinajstić information content (AvgIpc) is 2.36. The maximum atomic E-state index is 12.2. The van der Waals surface area contributed by atoms with Crippen LogP contribution in [0.25, 0.3) is 0 Å². The van der Waals surface area contributed by atoms with Crippen LogP contribution < -0.4 is 9.47 Å². The van der Waals surface area contributed by atoms with Gasteiger partial charge in [0.1, 0.15) is 0 Å². The van der Waals surface area contributed by atoms with Crippen LogP contribution in [0.4, 0.5) is 8.78 Å². The summed E-state index contributed by atoms with van der Waals surface area (Å²) in [5.41, 5.74) is 0.927. The van der Waals surface area contributed by atoms with Crippen LogP contribution in [0.3, 0.4) is 0 Å². The molecule has 0 aliphatic heterocycles. The Labute approximate surface area is 115 Å². The van der Waals surface area contributed by atoms with E-state index in [4.69, 9.17) is 4.74 Å². The minimum Gasteiger partial charge on any atom is -0.493 e. The molecule has 0 saturated carbocycles. The van der Waals surface area contributed by atoms with Crippen molar-refractivity contribution in [2.75, 3.05) is 7.11 Å². The van der Waals surface area contributed by atoms with E-state index in [-0.39, 0.29) is 16.7 Å². The van der Waals surface area contributed by atoms with Crippen LogP contribution in [-0.2, 0) is 5.75 Å². The Kier molecular flexibility index (Phi) is 6.37. The molecule has 3 nitrogen and oxygen atoms in total. The van der Waals surface area contributed by atoms with Crippen LogP contribution in [0.5, 0.6) is 11.5 Å². The van der Waals surface area contributed by atoms with Gasteiger partial charge in [-0.2, -0.15) is 20.5 Å². The fraction of sp³-hybridized carbons (Fsp3) is 0.538. The highest BCUT2D eigenvalue weighted by atomic mass is 32.2. The number of aliphatic hydroxyl groups is 1. The molecular formula is C13H18F2O3S. The zero-order valence-electron chi connectivity index (χ0n) is 11.1. The summed E-state index contributed by atoms with van der Waals surface area (Å²) < 4.78 is 33.7. The summed E-state index contributed by atoms with van der Waals surface area (Å²) in [6.07, 6.45) is -0.395. The Morgan fingerprint density at radius 2 is 1.95 bits per heavy atom. The van der Waals surface area contributed by atoms with E-state index in [1.54, 1.807) is 30.8 Å². The molecule has 0 fully saturated rings. The standard InChI is InChI=1S/C13H18F2O3S/c1-8(16)9(2)19-7-10-4-5-11(18-13(14)15)12(6-10)17-3/h4-6,8-9,13,16H,7H2,1-3H3. The topological polar surface area (TPSA) is 38.7 Å². The van der Waals surface area contributed by atoms with Crippen LogP contribution in [0.15, 0.2) is 18.2 Å². The lowest BCUT2D eigenvalue weighted by molar-refractivity contribution is -0.0512. The maximum Gasteiger partial charge on any atom is 0.387 e. The maximum absolute atomic E-state index is 12.2. The minimum atomic E-state index is -2.87. The second-order valence-electron chi connectivity index (χ2n) is 4.12. The molecule has 0 saturated heterocycles. The normalized spacial score (nSPS) is 14.3. The number of benzene rings is 1. The molecule has 6 heteroatoms. The molecule has 0 radical (unpaired) electrons. The molecule has 1 rings (SSSR count). The molecule has 2 atom stereocenters. The van der Waals surface area contributed by atoms with Crippen LogP contribution in [0, 0.1) is 0 Å². The van der Waals surface area contributed by atoms with Crippen molar-refractivity contribution in [3.8, 4) is 11.5 Å². The van der Waals surface area contributed by atoms with E-state index in [0.29, 0.717) is 5.75 Å². The third-order valence-corrected chi connectivity index (χ3v) is 4.06. The number of aliphatic hydroxyl groups excluding tert-OH is 1. The largest absolute Gasteiger partial charge is 0.493 e. The lowest BCUT2D eigenvalue weighted by Crippen LogP contribution is -2.15. The number of methoxy groups -OCH3 is 1. The van der Waals surface area contributed by atoms with Gasteiger partial charge in [-0.25, -0.2) is 0 Å². The number of alkyl halides is 2. The van der Waals surface area contributed by atoms with Gasteiger partial charge in [-0.1, -0.05) is 13.0 Å². The van der Waals surface area contributed by atoms with E-state index in [9.17, 15) is 13.9 Å². The van der Waals surface area contributed by atoms with Gasteiger partial charge in [-0.05, 0) is 24.6 Å². The second kappa shape index (κ2) is 7.55. The number of halogens is 2. The predicted octanol–water partition coefficient (Wildman–Crippen LogP) is 3.30. The Morgan fingerprint density at radius 3 is 2.47 bits per heavy atom. The molecule has 19 heavy (non-hydrogen) atoms. The first-order valence-corrected chi connectivity index (χ1v) is 6.90. The number of ether oxygens (including phenoxy) is 2. The van der Waals surface area contributed by atoms with Gasteiger partial charge in [0.15, 0.2) is 11.5 Å². The third-order valence-electron chi connectivity index (χ3n) is 2.64. The van der Waals surface area contributed by atoms with E-state index in [1.807, 2.05) is 6.92 Å². The summed E-state index contributed by atoms with van der Waals surface area (Å²) in [5, 5.41) is 9.49. The van der Waals surface area contributed by atoms with Crippen LogP contribution in [0.2, 0.25) is 0 Å². The van der Waals surface area contributed by atoms with Gasteiger partial charge in [-0.3, -0.25) is 0 Å². The molecular weight excluding hydrogens is 274 g/mol. The smallest absolute Gasteiger partial charge is 0.387 e. The average molecular weight is 292 g/mol.